The molecule has 1 unspecified atom stereocenters. The number of benzene rings is 1. The van der Waals surface area contributed by atoms with Crippen LogP contribution < -0.4 is 16.2 Å². The lowest BCUT2D eigenvalue weighted by Gasteiger charge is -2.27. The molecule has 1 aliphatic heterocycles. The summed E-state index contributed by atoms with van der Waals surface area (Å²) in [5.74, 6) is 0.421. The van der Waals surface area contributed by atoms with Gasteiger partial charge in [-0.1, -0.05) is 11.6 Å². The zero-order chi connectivity index (χ0) is 22.4. The van der Waals surface area contributed by atoms with E-state index in [1.54, 1.807) is 12.3 Å². The quantitative estimate of drug-likeness (QED) is 0.509. The number of fused-ring (bicyclic) bond motifs is 1. The van der Waals surface area contributed by atoms with Crippen molar-refractivity contribution in [1.82, 2.24) is 24.1 Å². The van der Waals surface area contributed by atoms with Gasteiger partial charge in [-0.15, -0.1) is 0 Å². The van der Waals surface area contributed by atoms with Gasteiger partial charge in [-0.3, -0.25) is 9.36 Å². The van der Waals surface area contributed by atoms with Crippen molar-refractivity contribution in [2.24, 2.45) is 0 Å². The van der Waals surface area contributed by atoms with Gasteiger partial charge >= 0.3 is 0 Å². The zero-order valence-corrected chi connectivity index (χ0v) is 17.4. The van der Waals surface area contributed by atoms with Gasteiger partial charge in [0.05, 0.1) is 22.9 Å². The molecule has 4 heterocycles. The highest BCUT2D eigenvalue weighted by Crippen LogP contribution is 2.36. The molecule has 1 atom stereocenters. The number of aromatic nitrogens is 5. The molecule has 1 aliphatic rings. The fraction of sp³-hybridized carbons (Fsp3) is 0.190. The van der Waals surface area contributed by atoms with Crippen molar-refractivity contribution in [2.45, 2.75) is 18.9 Å². The second-order valence-electron chi connectivity index (χ2n) is 7.36. The standard InChI is InChI=1S/C21H16ClFN8O/c22-15-7-9-30-17(15)20(32)31(14-5-3-13(23)4-6-14)19(28-30)16-2-1-8-29(16)18-12(10-24)11-26-21(25)27-18/h3-7,9,11,16H,1-2,8H2,(H2,25,26,27). The first-order valence-electron chi connectivity index (χ1n) is 9.83. The van der Waals surface area contributed by atoms with Crippen molar-refractivity contribution >= 4 is 28.9 Å². The molecule has 0 radical (unpaired) electrons. The Labute approximate surface area is 186 Å². The molecular formula is C21H16ClFN8O. The van der Waals surface area contributed by atoms with Crippen LogP contribution in [-0.4, -0.2) is 30.7 Å². The van der Waals surface area contributed by atoms with Crippen LogP contribution in [0.25, 0.3) is 11.2 Å². The minimum atomic E-state index is -0.421. The molecule has 9 nitrogen and oxygen atoms in total. The topological polar surface area (TPSA) is 118 Å². The van der Waals surface area contributed by atoms with Crippen LogP contribution in [0.2, 0.25) is 5.02 Å². The van der Waals surface area contributed by atoms with E-state index in [9.17, 15) is 14.4 Å². The summed E-state index contributed by atoms with van der Waals surface area (Å²) in [4.78, 5) is 23.6. The Hall–Kier alpha value is -3.97. The average molecular weight is 451 g/mol. The Kier molecular flexibility index (Phi) is 4.75. The van der Waals surface area contributed by atoms with Crippen molar-refractivity contribution in [2.75, 3.05) is 17.2 Å². The summed E-state index contributed by atoms with van der Waals surface area (Å²) < 4.78 is 16.5. The molecule has 1 aromatic carbocycles. The van der Waals surface area contributed by atoms with Crippen LogP contribution in [0, 0.1) is 17.1 Å². The highest BCUT2D eigenvalue weighted by Gasteiger charge is 2.34. The Morgan fingerprint density at radius 2 is 2.03 bits per heavy atom. The molecule has 0 saturated carbocycles. The van der Waals surface area contributed by atoms with Crippen molar-refractivity contribution in [3.8, 4) is 11.8 Å². The van der Waals surface area contributed by atoms with Crippen LogP contribution in [0.4, 0.5) is 16.2 Å². The first kappa shape index (κ1) is 20.0. The van der Waals surface area contributed by atoms with Crippen LogP contribution in [0.3, 0.4) is 0 Å². The Morgan fingerprint density at radius 3 is 2.78 bits per heavy atom. The van der Waals surface area contributed by atoms with Gasteiger partial charge in [0.2, 0.25) is 5.95 Å². The number of nitriles is 1. The van der Waals surface area contributed by atoms with Gasteiger partial charge in [-0.25, -0.2) is 13.9 Å². The summed E-state index contributed by atoms with van der Waals surface area (Å²) in [6.07, 6.45) is 4.43. The van der Waals surface area contributed by atoms with Gasteiger partial charge in [-0.2, -0.15) is 15.3 Å². The Balaban J connectivity index is 1.76. The average Bonchev–Trinajstić information content (AvgIpc) is 3.41. The van der Waals surface area contributed by atoms with E-state index >= 15 is 0 Å². The van der Waals surface area contributed by atoms with Crippen LogP contribution in [0.15, 0.2) is 47.5 Å². The number of nitrogens with two attached hydrogens (primary N) is 1. The predicted molar refractivity (Wildman–Crippen MR) is 116 cm³/mol. The highest BCUT2D eigenvalue weighted by atomic mass is 35.5. The number of hydrogen-bond acceptors (Lipinski definition) is 7. The molecule has 0 amide bonds. The third-order valence-electron chi connectivity index (χ3n) is 5.48. The lowest BCUT2D eigenvalue weighted by Crippen LogP contribution is -2.33. The molecule has 3 aromatic heterocycles. The Bertz CT molecular complexity index is 1440. The van der Waals surface area contributed by atoms with Crippen molar-refractivity contribution in [3.05, 3.63) is 75.3 Å². The number of nitrogen functional groups attached to an aromatic ring is 1. The maximum atomic E-state index is 13.6. The summed E-state index contributed by atoms with van der Waals surface area (Å²) in [5.41, 5.74) is 6.34. The smallest absolute Gasteiger partial charge is 0.284 e. The molecular weight excluding hydrogens is 435 g/mol. The van der Waals surface area contributed by atoms with Gasteiger partial charge in [0, 0.05) is 12.7 Å². The van der Waals surface area contributed by atoms with E-state index in [-0.39, 0.29) is 33.7 Å². The minimum absolute atomic E-state index is 0.0428. The monoisotopic (exact) mass is 450 g/mol. The third kappa shape index (κ3) is 3.14. The first-order chi connectivity index (χ1) is 15.5. The summed E-state index contributed by atoms with van der Waals surface area (Å²) >= 11 is 6.24. The number of halogens is 2. The molecule has 0 bridgehead atoms. The maximum absolute atomic E-state index is 13.6. The fourth-order valence-electron chi connectivity index (χ4n) is 4.08. The largest absolute Gasteiger partial charge is 0.368 e. The zero-order valence-electron chi connectivity index (χ0n) is 16.6. The van der Waals surface area contributed by atoms with E-state index in [0.29, 0.717) is 30.3 Å². The third-order valence-corrected chi connectivity index (χ3v) is 5.78. The Morgan fingerprint density at radius 1 is 1.25 bits per heavy atom. The van der Waals surface area contributed by atoms with E-state index in [4.69, 9.17) is 22.4 Å². The molecule has 32 heavy (non-hydrogen) atoms. The van der Waals surface area contributed by atoms with Crippen LogP contribution in [-0.2, 0) is 0 Å². The van der Waals surface area contributed by atoms with Crippen molar-refractivity contribution in [3.63, 3.8) is 0 Å². The SMILES string of the molecule is N#Cc1cnc(N)nc1N1CCCC1c1nn2ccc(Cl)c2c(=O)n1-c1ccc(F)cc1. The maximum Gasteiger partial charge on any atom is 0.284 e. The normalized spacial score (nSPS) is 15.9. The first-order valence-corrected chi connectivity index (χ1v) is 10.2. The second kappa shape index (κ2) is 7.62. The van der Waals surface area contributed by atoms with E-state index < -0.39 is 5.82 Å². The molecule has 2 N–H and O–H groups in total. The van der Waals surface area contributed by atoms with Gasteiger partial charge in [-0.05, 0) is 43.2 Å². The number of rotatable bonds is 3. The lowest BCUT2D eigenvalue weighted by atomic mass is 10.1. The summed E-state index contributed by atoms with van der Waals surface area (Å²) in [7, 11) is 0. The van der Waals surface area contributed by atoms with E-state index in [1.807, 2.05) is 4.90 Å². The van der Waals surface area contributed by atoms with Gasteiger partial charge < -0.3 is 10.6 Å². The second-order valence-corrected chi connectivity index (χ2v) is 7.77. The molecule has 1 fully saturated rings. The van der Waals surface area contributed by atoms with E-state index in [2.05, 4.69) is 16.0 Å². The molecule has 0 spiro atoms. The summed E-state index contributed by atoms with van der Waals surface area (Å²) in [5, 5.41) is 14.5. The predicted octanol–water partition coefficient (Wildman–Crippen LogP) is 2.86. The van der Waals surface area contributed by atoms with Gasteiger partial charge in [0.1, 0.15) is 23.0 Å². The lowest BCUT2D eigenvalue weighted by molar-refractivity contribution is 0.598. The van der Waals surface area contributed by atoms with Gasteiger partial charge in [0.25, 0.3) is 5.56 Å². The molecule has 5 rings (SSSR count). The van der Waals surface area contributed by atoms with Crippen molar-refractivity contribution < 1.29 is 4.39 Å². The van der Waals surface area contributed by atoms with Crippen LogP contribution in [0.5, 0.6) is 0 Å². The van der Waals surface area contributed by atoms with E-state index in [0.717, 1.165) is 6.42 Å². The molecule has 11 heteroatoms. The molecule has 0 aliphatic carbocycles. The summed E-state index contributed by atoms with van der Waals surface area (Å²) in [6, 6.07) is 8.88. The number of anilines is 2. The molecule has 4 aromatic rings. The van der Waals surface area contributed by atoms with E-state index in [1.165, 1.54) is 39.5 Å². The molecule has 1 saturated heterocycles. The molecule has 160 valence electrons. The minimum Gasteiger partial charge on any atom is -0.368 e. The van der Waals surface area contributed by atoms with Crippen LogP contribution >= 0.6 is 11.6 Å². The number of hydrogen-bond donors (Lipinski definition) is 1. The van der Waals surface area contributed by atoms with Crippen molar-refractivity contribution in [1.29, 1.82) is 5.26 Å². The van der Waals surface area contributed by atoms with Crippen LogP contribution in [0.1, 0.15) is 30.3 Å². The fourth-order valence-corrected chi connectivity index (χ4v) is 4.30. The van der Waals surface area contributed by atoms with Gasteiger partial charge in [0.15, 0.2) is 11.6 Å². The number of nitrogens with zero attached hydrogens (tertiary/aromatic N) is 7. The highest BCUT2D eigenvalue weighted by molar-refractivity contribution is 6.33. The summed E-state index contributed by atoms with van der Waals surface area (Å²) in [6.45, 7) is 0.583.